The molecule has 3 rings (SSSR count). The van der Waals surface area contributed by atoms with Gasteiger partial charge in [-0.1, -0.05) is 36.4 Å². The molecule has 2 aromatic carbocycles. The fourth-order valence-electron chi connectivity index (χ4n) is 2.22. The number of aryl methyl sites for hydroxylation is 1. The number of para-hydroxylation sites is 2. The van der Waals surface area contributed by atoms with Gasteiger partial charge in [-0.15, -0.1) is 0 Å². The van der Waals surface area contributed by atoms with E-state index in [4.69, 9.17) is 12.2 Å². The summed E-state index contributed by atoms with van der Waals surface area (Å²) in [4.78, 5) is 0. The van der Waals surface area contributed by atoms with Crippen LogP contribution in [0.1, 0.15) is 5.69 Å². The van der Waals surface area contributed by atoms with E-state index in [2.05, 4.69) is 42.0 Å². The van der Waals surface area contributed by atoms with E-state index in [0.29, 0.717) is 0 Å². The van der Waals surface area contributed by atoms with Gasteiger partial charge in [0.2, 0.25) is 0 Å². The average Bonchev–Trinajstić information content (AvgIpc) is 2.76. The van der Waals surface area contributed by atoms with Crippen molar-refractivity contribution in [2.45, 2.75) is 6.92 Å². The van der Waals surface area contributed by atoms with Crippen LogP contribution in [0.25, 0.3) is 11.4 Å². The molecule has 0 aliphatic heterocycles. The molecule has 2 nitrogen and oxygen atoms in total. The summed E-state index contributed by atoms with van der Waals surface area (Å²) in [6.45, 7) is 2.07. The lowest BCUT2D eigenvalue weighted by atomic mass is 10.3. The van der Waals surface area contributed by atoms with Crippen LogP contribution in [0.15, 0.2) is 66.9 Å². The standard InChI is InChI=1S/C16H14N2S/c1-13-12-17(14-8-4-2-5-9-14)16(19)18(13)15-10-6-3-7-11-15/h2-12H,1H3. The summed E-state index contributed by atoms with van der Waals surface area (Å²) in [5.74, 6) is 0. The molecule has 0 saturated carbocycles. The minimum Gasteiger partial charge on any atom is -0.292 e. The molecule has 0 spiro atoms. The second-order valence-corrected chi connectivity index (χ2v) is 4.79. The van der Waals surface area contributed by atoms with Crippen molar-refractivity contribution in [1.29, 1.82) is 0 Å². The molecule has 0 fully saturated rings. The van der Waals surface area contributed by atoms with Gasteiger partial charge in [-0.2, -0.15) is 0 Å². The maximum absolute atomic E-state index is 5.60. The first-order chi connectivity index (χ1) is 9.27. The molecule has 0 radical (unpaired) electrons. The van der Waals surface area contributed by atoms with E-state index in [1.807, 2.05) is 41.0 Å². The van der Waals surface area contributed by atoms with Gasteiger partial charge in [-0.05, 0) is 43.4 Å². The zero-order chi connectivity index (χ0) is 13.2. The van der Waals surface area contributed by atoms with Crippen molar-refractivity contribution in [2.75, 3.05) is 0 Å². The number of hydrogen-bond acceptors (Lipinski definition) is 1. The fraction of sp³-hybridized carbons (Fsp3) is 0.0625. The summed E-state index contributed by atoms with van der Waals surface area (Å²) in [5.41, 5.74) is 3.31. The van der Waals surface area contributed by atoms with Gasteiger partial charge in [0, 0.05) is 23.3 Å². The molecule has 0 amide bonds. The lowest BCUT2D eigenvalue weighted by Crippen LogP contribution is -1.98. The van der Waals surface area contributed by atoms with E-state index in [1.165, 1.54) is 0 Å². The topological polar surface area (TPSA) is 9.86 Å². The summed E-state index contributed by atoms with van der Waals surface area (Å²) < 4.78 is 4.91. The van der Waals surface area contributed by atoms with Crippen molar-refractivity contribution in [1.82, 2.24) is 9.13 Å². The third kappa shape index (κ3) is 2.13. The molecular formula is C16H14N2S. The molecule has 19 heavy (non-hydrogen) atoms. The van der Waals surface area contributed by atoms with Crippen LogP contribution in [0.2, 0.25) is 0 Å². The molecule has 0 aliphatic rings. The Morgan fingerprint density at radius 1 is 0.789 bits per heavy atom. The Bertz CT molecular complexity index is 739. The molecular weight excluding hydrogens is 252 g/mol. The highest BCUT2D eigenvalue weighted by molar-refractivity contribution is 7.71. The molecule has 0 atom stereocenters. The van der Waals surface area contributed by atoms with Crippen molar-refractivity contribution in [3.05, 3.63) is 77.3 Å². The number of nitrogens with zero attached hydrogens (tertiary/aromatic N) is 2. The van der Waals surface area contributed by atoms with Crippen LogP contribution in [0.5, 0.6) is 0 Å². The molecule has 0 bridgehead atoms. The molecule has 3 aromatic rings. The van der Waals surface area contributed by atoms with Crippen LogP contribution in [0.4, 0.5) is 0 Å². The van der Waals surface area contributed by atoms with Crippen molar-refractivity contribution in [3.63, 3.8) is 0 Å². The fourth-order valence-corrected chi connectivity index (χ4v) is 2.63. The zero-order valence-electron chi connectivity index (χ0n) is 10.7. The average molecular weight is 266 g/mol. The summed E-state index contributed by atoms with van der Waals surface area (Å²) in [7, 11) is 0. The summed E-state index contributed by atoms with van der Waals surface area (Å²) >= 11 is 5.60. The zero-order valence-corrected chi connectivity index (χ0v) is 11.5. The van der Waals surface area contributed by atoms with E-state index in [9.17, 15) is 0 Å². The quantitative estimate of drug-likeness (QED) is 0.628. The van der Waals surface area contributed by atoms with Gasteiger partial charge in [0.05, 0.1) is 0 Å². The number of hydrogen-bond donors (Lipinski definition) is 0. The van der Waals surface area contributed by atoms with Crippen LogP contribution in [-0.4, -0.2) is 9.13 Å². The van der Waals surface area contributed by atoms with E-state index >= 15 is 0 Å². The second kappa shape index (κ2) is 4.86. The maximum atomic E-state index is 5.60. The minimum absolute atomic E-state index is 0.787. The van der Waals surface area contributed by atoms with Crippen molar-refractivity contribution < 1.29 is 0 Å². The lowest BCUT2D eigenvalue weighted by molar-refractivity contribution is 0.940. The SMILES string of the molecule is Cc1cn(-c2ccccc2)c(=S)n1-c1ccccc1. The molecule has 0 N–H and O–H groups in total. The largest absolute Gasteiger partial charge is 0.292 e. The van der Waals surface area contributed by atoms with Crippen LogP contribution in [0, 0.1) is 11.7 Å². The van der Waals surface area contributed by atoms with Crippen LogP contribution < -0.4 is 0 Å². The van der Waals surface area contributed by atoms with E-state index in [0.717, 1.165) is 21.8 Å². The highest BCUT2D eigenvalue weighted by Gasteiger charge is 2.07. The van der Waals surface area contributed by atoms with Gasteiger partial charge in [-0.25, -0.2) is 0 Å². The third-order valence-corrected chi connectivity index (χ3v) is 3.49. The van der Waals surface area contributed by atoms with E-state index < -0.39 is 0 Å². The predicted molar refractivity (Wildman–Crippen MR) is 80.7 cm³/mol. The number of benzene rings is 2. The van der Waals surface area contributed by atoms with Gasteiger partial charge < -0.3 is 0 Å². The maximum Gasteiger partial charge on any atom is 0.189 e. The van der Waals surface area contributed by atoms with Gasteiger partial charge in [0.1, 0.15) is 0 Å². The van der Waals surface area contributed by atoms with Crippen molar-refractivity contribution in [3.8, 4) is 11.4 Å². The van der Waals surface area contributed by atoms with Gasteiger partial charge in [-0.3, -0.25) is 9.13 Å². The third-order valence-electron chi connectivity index (χ3n) is 3.11. The predicted octanol–water partition coefficient (Wildman–Crippen LogP) is 4.31. The molecule has 0 aliphatic carbocycles. The Hall–Kier alpha value is -2.13. The summed E-state index contributed by atoms with van der Waals surface area (Å²) in [6, 6.07) is 20.4. The van der Waals surface area contributed by atoms with Gasteiger partial charge in [0.15, 0.2) is 4.77 Å². The normalized spacial score (nSPS) is 10.6. The van der Waals surface area contributed by atoms with Crippen LogP contribution >= 0.6 is 12.2 Å². The highest BCUT2D eigenvalue weighted by Crippen LogP contribution is 2.17. The summed E-state index contributed by atoms with van der Waals surface area (Å²) in [6.07, 6.45) is 2.07. The Morgan fingerprint density at radius 3 is 1.89 bits per heavy atom. The summed E-state index contributed by atoms with van der Waals surface area (Å²) in [5, 5.41) is 0. The molecule has 1 heterocycles. The Kier molecular flexibility index (Phi) is 3.05. The van der Waals surface area contributed by atoms with Crippen LogP contribution in [-0.2, 0) is 0 Å². The molecule has 0 saturated heterocycles. The Labute approximate surface area is 117 Å². The first-order valence-corrected chi connectivity index (χ1v) is 6.60. The Morgan fingerprint density at radius 2 is 1.32 bits per heavy atom. The van der Waals surface area contributed by atoms with Gasteiger partial charge >= 0.3 is 0 Å². The lowest BCUT2D eigenvalue weighted by Gasteiger charge is -2.05. The van der Waals surface area contributed by atoms with Crippen LogP contribution in [0.3, 0.4) is 0 Å². The first-order valence-electron chi connectivity index (χ1n) is 6.19. The number of aromatic nitrogens is 2. The highest BCUT2D eigenvalue weighted by atomic mass is 32.1. The van der Waals surface area contributed by atoms with Gasteiger partial charge in [0.25, 0.3) is 0 Å². The van der Waals surface area contributed by atoms with E-state index in [-0.39, 0.29) is 0 Å². The van der Waals surface area contributed by atoms with Crippen molar-refractivity contribution >= 4 is 12.2 Å². The monoisotopic (exact) mass is 266 g/mol. The number of imidazole rings is 1. The minimum atomic E-state index is 0.787. The second-order valence-electron chi connectivity index (χ2n) is 4.43. The molecule has 1 aromatic heterocycles. The molecule has 3 heteroatoms. The number of rotatable bonds is 2. The molecule has 0 unspecified atom stereocenters. The Balaban J connectivity index is 2.20. The molecule has 94 valence electrons. The van der Waals surface area contributed by atoms with Crippen molar-refractivity contribution in [2.24, 2.45) is 0 Å². The van der Waals surface area contributed by atoms with E-state index in [1.54, 1.807) is 0 Å². The smallest absolute Gasteiger partial charge is 0.189 e. The first kappa shape index (κ1) is 11.9.